The summed E-state index contributed by atoms with van der Waals surface area (Å²) < 4.78 is 18.9. The van der Waals surface area contributed by atoms with Crippen LogP contribution in [0.3, 0.4) is 0 Å². The van der Waals surface area contributed by atoms with Crippen LogP contribution in [0.4, 0.5) is 9.18 Å². The standard InChI is InChI=1S/C19H26FNO3/c1-19(2,3)24-18(23)21-11-13-10-15(22)8-9-16(13)17(21)12-4-6-14(20)7-5-12/h4-7,13,15-17,22H,8-11H2,1-3H3. The molecule has 1 amide bonds. The van der Waals surface area contributed by atoms with E-state index < -0.39 is 5.60 Å². The van der Waals surface area contributed by atoms with E-state index in [4.69, 9.17) is 4.74 Å². The number of hydrogen-bond acceptors (Lipinski definition) is 3. The van der Waals surface area contributed by atoms with Gasteiger partial charge in [-0.3, -0.25) is 0 Å². The summed E-state index contributed by atoms with van der Waals surface area (Å²) in [5.41, 5.74) is 0.378. The number of benzene rings is 1. The van der Waals surface area contributed by atoms with E-state index in [-0.39, 0.29) is 35.9 Å². The highest BCUT2D eigenvalue weighted by molar-refractivity contribution is 5.69. The van der Waals surface area contributed by atoms with Crippen LogP contribution in [-0.4, -0.2) is 34.3 Å². The van der Waals surface area contributed by atoms with Crippen molar-refractivity contribution in [1.82, 2.24) is 4.90 Å². The van der Waals surface area contributed by atoms with Gasteiger partial charge in [-0.1, -0.05) is 12.1 Å². The fourth-order valence-corrected chi connectivity index (χ4v) is 4.08. The van der Waals surface area contributed by atoms with E-state index in [0.29, 0.717) is 13.0 Å². The molecule has 1 N–H and O–H groups in total. The van der Waals surface area contributed by atoms with E-state index in [9.17, 15) is 14.3 Å². The zero-order chi connectivity index (χ0) is 17.5. The number of nitrogens with zero attached hydrogens (tertiary/aromatic N) is 1. The fraction of sp³-hybridized carbons (Fsp3) is 0.632. The Labute approximate surface area is 142 Å². The maximum Gasteiger partial charge on any atom is 0.410 e. The van der Waals surface area contributed by atoms with Crippen molar-refractivity contribution in [3.63, 3.8) is 0 Å². The van der Waals surface area contributed by atoms with Crippen LogP contribution in [0.25, 0.3) is 0 Å². The molecule has 4 atom stereocenters. The first-order chi connectivity index (χ1) is 11.2. The number of amides is 1. The number of aliphatic hydroxyl groups is 1. The van der Waals surface area contributed by atoms with Gasteiger partial charge in [0.05, 0.1) is 12.1 Å². The SMILES string of the molecule is CC(C)(C)OC(=O)N1CC2CC(O)CCC2C1c1ccc(F)cc1. The van der Waals surface area contributed by atoms with Crippen LogP contribution in [0, 0.1) is 17.7 Å². The lowest BCUT2D eigenvalue weighted by molar-refractivity contribution is 0.0202. The molecule has 1 aliphatic carbocycles. The molecule has 0 aromatic heterocycles. The number of rotatable bonds is 1. The number of hydrogen-bond donors (Lipinski definition) is 1. The zero-order valence-electron chi connectivity index (χ0n) is 14.5. The lowest BCUT2D eigenvalue weighted by Crippen LogP contribution is -2.37. The Morgan fingerprint density at radius 1 is 1.25 bits per heavy atom. The van der Waals surface area contributed by atoms with Crippen LogP contribution >= 0.6 is 0 Å². The van der Waals surface area contributed by atoms with Crippen molar-refractivity contribution in [2.75, 3.05) is 6.54 Å². The molecule has 4 nitrogen and oxygen atoms in total. The van der Waals surface area contributed by atoms with Gasteiger partial charge < -0.3 is 14.7 Å². The lowest BCUT2D eigenvalue weighted by atomic mass is 9.76. The predicted molar refractivity (Wildman–Crippen MR) is 88.9 cm³/mol. The average molecular weight is 335 g/mol. The largest absolute Gasteiger partial charge is 0.444 e. The van der Waals surface area contributed by atoms with E-state index >= 15 is 0 Å². The van der Waals surface area contributed by atoms with Gasteiger partial charge in [0.1, 0.15) is 11.4 Å². The minimum atomic E-state index is -0.558. The highest BCUT2D eigenvalue weighted by Crippen LogP contribution is 2.48. The normalized spacial score (nSPS) is 30.1. The maximum absolute atomic E-state index is 13.3. The summed E-state index contributed by atoms with van der Waals surface area (Å²) in [6.07, 6.45) is 1.70. The fourth-order valence-electron chi connectivity index (χ4n) is 4.08. The Bertz CT molecular complexity index is 596. The van der Waals surface area contributed by atoms with Crippen molar-refractivity contribution in [1.29, 1.82) is 0 Å². The Kier molecular flexibility index (Phi) is 4.56. The van der Waals surface area contributed by atoms with Crippen LogP contribution < -0.4 is 0 Å². The Morgan fingerprint density at radius 2 is 1.92 bits per heavy atom. The van der Waals surface area contributed by atoms with Gasteiger partial charge in [-0.25, -0.2) is 9.18 Å². The molecule has 1 saturated heterocycles. The maximum atomic E-state index is 13.3. The van der Waals surface area contributed by atoms with Gasteiger partial charge >= 0.3 is 6.09 Å². The van der Waals surface area contributed by atoms with E-state index in [2.05, 4.69) is 0 Å². The summed E-state index contributed by atoms with van der Waals surface area (Å²) in [4.78, 5) is 14.5. The molecule has 2 aliphatic rings. The van der Waals surface area contributed by atoms with Gasteiger partial charge in [0, 0.05) is 6.54 Å². The van der Waals surface area contributed by atoms with Gasteiger partial charge in [0.2, 0.25) is 0 Å². The lowest BCUT2D eigenvalue weighted by Gasteiger charge is -2.33. The van der Waals surface area contributed by atoms with Gasteiger partial charge in [-0.15, -0.1) is 0 Å². The summed E-state index contributed by atoms with van der Waals surface area (Å²) in [5, 5.41) is 9.98. The molecule has 0 radical (unpaired) electrons. The summed E-state index contributed by atoms with van der Waals surface area (Å²) >= 11 is 0. The van der Waals surface area contributed by atoms with Gasteiger partial charge in [0.15, 0.2) is 0 Å². The number of carbonyl (C=O) groups is 1. The highest BCUT2D eigenvalue weighted by atomic mass is 19.1. The molecule has 1 heterocycles. The third kappa shape index (κ3) is 3.56. The molecule has 1 aromatic carbocycles. The quantitative estimate of drug-likeness (QED) is 0.847. The molecule has 0 spiro atoms. The van der Waals surface area contributed by atoms with E-state index in [0.717, 1.165) is 18.4 Å². The van der Waals surface area contributed by atoms with Crippen LogP contribution in [0.5, 0.6) is 0 Å². The van der Waals surface area contributed by atoms with E-state index in [1.165, 1.54) is 12.1 Å². The van der Waals surface area contributed by atoms with Gasteiger partial charge in [-0.2, -0.15) is 0 Å². The highest BCUT2D eigenvalue weighted by Gasteiger charge is 2.47. The first kappa shape index (κ1) is 17.2. The first-order valence-corrected chi connectivity index (χ1v) is 8.68. The molecule has 1 saturated carbocycles. The van der Waals surface area contributed by atoms with Crippen LogP contribution in [0.15, 0.2) is 24.3 Å². The van der Waals surface area contributed by atoms with Gasteiger partial charge in [-0.05, 0) is 69.6 Å². The van der Waals surface area contributed by atoms with Crippen molar-refractivity contribution < 1.29 is 19.0 Å². The van der Waals surface area contributed by atoms with E-state index in [1.807, 2.05) is 20.8 Å². The molecular formula is C19H26FNO3. The molecule has 5 heteroatoms. The molecule has 3 rings (SSSR count). The number of halogens is 1. The predicted octanol–water partition coefficient (Wildman–Crippen LogP) is 3.89. The van der Waals surface area contributed by atoms with Crippen molar-refractivity contribution >= 4 is 6.09 Å². The second-order valence-corrected chi connectivity index (χ2v) is 8.02. The Hall–Kier alpha value is -1.62. The summed E-state index contributed by atoms with van der Waals surface area (Å²) in [5.74, 6) is 0.263. The molecule has 1 aromatic rings. The summed E-state index contributed by atoms with van der Waals surface area (Å²) in [6.45, 7) is 6.14. The van der Waals surface area contributed by atoms with Crippen molar-refractivity contribution in [3.05, 3.63) is 35.6 Å². The number of ether oxygens (including phenoxy) is 1. The molecule has 24 heavy (non-hydrogen) atoms. The van der Waals surface area contributed by atoms with Crippen LogP contribution in [0.2, 0.25) is 0 Å². The second kappa shape index (κ2) is 6.36. The Balaban J connectivity index is 1.89. The third-order valence-corrected chi connectivity index (χ3v) is 5.03. The minimum absolute atomic E-state index is 0.113. The smallest absolute Gasteiger partial charge is 0.410 e. The number of aliphatic hydroxyl groups excluding tert-OH is 1. The topological polar surface area (TPSA) is 49.8 Å². The van der Waals surface area contributed by atoms with Crippen LogP contribution in [0.1, 0.15) is 51.6 Å². The van der Waals surface area contributed by atoms with E-state index in [1.54, 1.807) is 17.0 Å². The Morgan fingerprint density at radius 3 is 2.54 bits per heavy atom. The summed E-state index contributed by atoms with van der Waals surface area (Å²) in [7, 11) is 0. The number of fused-ring (bicyclic) bond motifs is 1. The third-order valence-electron chi connectivity index (χ3n) is 5.03. The molecular weight excluding hydrogens is 309 g/mol. The second-order valence-electron chi connectivity index (χ2n) is 8.02. The minimum Gasteiger partial charge on any atom is -0.444 e. The molecule has 2 fully saturated rings. The van der Waals surface area contributed by atoms with Crippen molar-refractivity contribution in [3.8, 4) is 0 Å². The molecule has 1 aliphatic heterocycles. The van der Waals surface area contributed by atoms with Crippen LogP contribution in [-0.2, 0) is 4.74 Å². The summed E-state index contributed by atoms with van der Waals surface area (Å²) in [6, 6.07) is 6.27. The van der Waals surface area contributed by atoms with Gasteiger partial charge in [0.25, 0.3) is 0 Å². The number of carbonyl (C=O) groups excluding carboxylic acids is 1. The molecule has 132 valence electrons. The zero-order valence-corrected chi connectivity index (χ0v) is 14.5. The van der Waals surface area contributed by atoms with Crippen molar-refractivity contribution in [2.24, 2.45) is 11.8 Å². The first-order valence-electron chi connectivity index (χ1n) is 8.68. The van der Waals surface area contributed by atoms with Crippen molar-refractivity contribution in [2.45, 2.75) is 57.8 Å². The average Bonchev–Trinajstić information content (AvgIpc) is 2.85. The molecule has 0 bridgehead atoms. The molecule has 4 unspecified atom stereocenters. The number of likely N-dealkylation sites (tertiary alicyclic amines) is 1. The monoisotopic (exact) mass is 335 g/mol.